The van der Waals surface area contributed by atoms with Gasteiger partial charge >= 0.3 is 12.1 Å². The second kappa shape index (κ2) is 4.19. The van der Waals surface area contributed by atoms with Crippen LogP contribution in [0.1, 0.15) is 46.9 Å². The minimum absolute atomic E-state index is 0.0178. The van der Waals surface area contributed by atoms with Crippen molar-refractivity contribution >= 4 is 11.6 Å². The highest BCUT2D eigenvalue weighted by atomic mass is 19.4. The predicted octanol–water partition coefficient (Wildman–Crippen LogP) is 2.71. The molecule has 20 heavy (non-hydrogen) atoms. The van der Waals surface area contributed by atoms with Crippen LogP contribution in [0.3, 0.4) is 0 Å². The van der Waals surface area contributed by atoms with Gasteiger partial charge in [-0.25, -0.2) is 14.3 Å². The van der Waals surface area contributed by atoms with Crippen molar-refractivity contribution in [2.24, 2.45) is 0 Å². The minimum atomic E-state index is -4.81. The van der Waals surface area contributed by atoms with Crippen LogP contribution < -0.4 is 0 Å². The van der Waals surface area contributed by atoms with Crippen molar-refractivity contribution in [2.75, 3.05) is 0 Å². The van der Waals surface area contributed by atoms with Crippen LogP contribution in [-0.2, 0) is 6.18 Å². The fraction of sp³-hybridized carbons (Fsp3) is 0.417. The van der Waals surface area contributed by atoms with E-state index >= 15 is 0 Å². The summed E-state index contributed by atoms with van der Waals surface area (Å²) in [6, 6.07) is 1.49. The molecular weight excluding hydrogens is 275 g/mol. The van der Waals surface area contributed by atoms with Crippen molar-refractivity contribution < 1.29 is 23.1 Å². The third kappa shape index (κ3) is 1.91. The largest absolute Gasteiger partial charge is 0.478 e. The van der Waals surface area contributed by atoms with Crippen LogP contribution in [0.4, 0.5) is 13.2 Å². The van der Waals surface area contributed by atoms with Crippen LogP contribution in [0.25, 0.3) is 5.65 Å². The number of rotatable bonds is 2. The molecule has 0 atom stereocenters. The van der Waals surface area contributed by atoms with E-state index in [0.717, 1.165) is 25.5 Å². The zero-order chi connectivity index (χ0) is 14.5. The van der Waals surface area contributed by atoms with Crippen molar-refractivity contribution in [3.63, 3.8) is 0 Å². The number of nitrogens with zero attached hydrogens (tertiary/aromatic N) is 3. The van der Waals surface area contributed by atoms with Crippen LogP contribution in [0.2, 0.25) is 0 Å². The molecule has 0 bridgehead atoms. The van der Waals surface area contributed by atoms with E-state index in [1.54, 1.807) is 0 Å². The molecule has 1 aliphatic rings. The molecule has 1 saturated carbocycles. The number of fused-ring (bicyclic) bond motifs is 1. The van der Waals surface area contributed by atoms with Gasteiger partial charge in [-0.05, 0) is 12.8 Å². The molecule has 0 amide bonds. The number of carboxylic acids is 1. The van der Waals surface area contributed by atoms with Crippen molar-refractivity contribution in [3.05, 3.63) is 29.2 Å². The molecule has 3 rings (SSSR count). The summed E-state index contributed by atoms with van der Waals surface area (Å²) in [5, 5.41) is 12.8. The van der Waals surface area contributed by atoms with Gasteiger partial charge in [0.25, 0.3) is 0 Å². The molecule has 1 N–H and O–H groups in total. The van der Waals surface area contributed by atoms with E-state index in [4.69, 9.17) is 5.11 Å². The monoisotopic (exact) mass is 285 g/mol. The molecule has 0 saturated heterocycles. The van der Waals surface area contributed by atoms with Crippen molar-refractivity contribution in [2.45, 2.75) is 31.4 Å². The molecule has 8 heteroatoms. The molecule has 0 spiro atoms. The van der Waals surface area contributed by atoms with E-state index in [0.29, 0.717) is 10.2 Å². The van der Waals surface area contributed by atoms with Gasteiger partial charge in [0.15, 0.2) is 11.3 Å². The summed E-state index contributed by atoms with van der Waals surface area (Å²) in [4.78, 5) is 14.7. The van der Waals surface area contributed by atoms with Gasteiger partial charge in [0, 0.05) is 18.2 Å². The Morgan fingerprint density at radius 2 is 2.10 bits per heavy atom. The topological polar surface area (TPSA) is 67.5 Å². The summed E-state index contributed by atoms with van der Waals surface area (Å²) in [6.07, 6.45) is -1.28. The zero-order valence-electron chi connectivity index (χ0n) is 10.2. The van der Waals surface area contributed by atoms with E-state index in [-0.39, 0.29) is 11.6 Å². The molecular formula is C12H10F3N3O2. The lowest BCUT2D eigenvalue weighted by Gasteiger charge is -2.22. The normalized spacial score (nSPS) is 16.4. The maximum atomic E-state index is 13.1. The summed E-state index contributed by atoms with van der Waals surface area (Å²) in [5.74, 6) is -1.53. The third-order valence-electron chi connectivity index (χ3n) is 3.52. The number of carbonyl (C=O) groups is 1. The Hall–Kier alpha value is -2.12. The van der Waals surface area contributed by atoms with Gasteiger partial charge in [0.05, 0.1) is 5.69 Å². The number of alkyl halides is 3. The van der Waals surface area contributed by atoms with Gasteiger partial charge in [-0.1, -0.05) is 6.42 Å². The molecule has 1 fully saturated rings. The first-order valence-corrected chi connectivity index (χ1v) is 6.07. The lowest BCUT2D eigenvalue weighted by Crippen LogP contribution is -2.19. The summed E-state index contributed by atoms with van der Waals surface area (Å²) < 4.78 is 39.9. The minimum Gasteiger partial charge on any atom is -0.478 e. The fourth-order valence-corrected chi connectivity index (χ4v) is 2.28. The highest BCUT2D eigenvalue weighted by Gasteiger charge is 2.40. The van der Waals surface area contributed by atoms with E-state index < -0.39 is 23.4 Å². The lowest BCUT2D eigenvalue weighted by molar-refractivity contribution is -0.143. The number of carboxylic acid groups (broad SMARTS) is 1. The standard InChI is InChI=1S/C12H10F3N3O2/c13-12(14,15)10-7(11(19)20)5-16-9-4-8(17-18(9)10)6-2-1-3-6/h4-6H,1-3H2,(H,19,20). The van der Waals surface area contributed by atoms with Gasteiger partial charge < -0.3 is 5.11 Å². The van der Waals surface area contributed by atoms with E-state index in [2.05, 4.69) is 10.1 Å². The van der Waals surface area contributed by atoms with Gasteiger partial charge in [0.2, 0.25) is 0 Å². The van der Waals surface area contributed by atoms with Crippen LogP contribution in [-0.4, -0.2) is 25.7 Å². The van der Waals surface area contributed by atoms with Crippen LogP contribution in [0.15, 0.2) is 12.3 Å². The first-order chi connectivity index (χ1) is 9.38. The SMILES string of the molecule is O=C(O)c1cnc2cc(C3CCC3)nn2c1C(F)(F)F. The van der Waals surface area contributed by atoms with Crippen molar-refractivity contribution in [3.8, 4) is 0 Å². The second-order valence-electron chi connectivity index (χ2n) is 4.79. The average Bonchev–Trinajstić information content (AvgIpc) is 2.65. The van der Waals surface area contributed by atoms with E-state index in [1.807, 2.05) is 0 Å². The number of hydrogen-bond donors (Lipinski definition) is 1. The Balaban J connectivity index is 2.25. The Kier molecular flexibility index (Phi) is 2.70. The molecule has 1 aliphatic carbocycles. The first kappa shape index (κ1) is 12.9. The zero-order valence-corrected chi connectivity index (χ0v) is 10.2. The molecule has 0 aliphatic heterocycles. The van der Waals surface area contributed by atoms with Crippen LogP contribution in [0, 0.1) is 0 Å². The maximum Gasteiger partial charge on any atom is 0.434 e. The summed E-state index contributed by atoms with van der Waals surface area (Å²) in [6.45, 7) is 0. The Labute approximate surface area is 111 Å². The van der Waals surface area contributed by atoms with Gasteiger partial charge in [-0.15, -0.1) is 0 Å². The van der Waals surface area contributed by atoms with Crippen LogP contribution >= 0.6 is 0 Å². The van der Waals surface area contributed by atoms with Crippen LogP contribution in [0.5, 0.6) is 0 Å². The first-order valence-electron chi connectivity index (χ1n) is 6.07. The average molecular weight is 285 g/mol. The summed E-state index contributed by atoms with van der Waals surface area (Å²) in [5.41, 5.74) is -1.63. The second-order valence-corrected chi connectivity index (χ2v) is 4.79. The van der Waals surface area contributed by atoms with Gasteiger partial charge in [-0.2, -0.15) is 18.3 Å². The highest BCUT2D eigenvalue weighted by Crippen LogP contribution is 2.37. The molecule has 2 aromatic heterocycles. The summed E-state index contributed by atoms with van der Waals surface area (Å²) >= 11 is 0. The van der Waals surface area contributed by atoms with Gasteiger partial charge in [-0.3, -0.25) is 0 Å². The number of aromatic carboxylic acids is 1. The fourth-order valence-electron chi connectivity index (χ4n) is 2.28. The molecule has 0 aromatic carbocycles. The quantitative estimate of drug-likeness (QED) is 0.921. The number of hydrogen-bond acceptors (Lipinski definition) is 3. The van der Waals surface area contributed by atoms with E-state index in [1.165, 1.54) is 6.07 Å². The predicted molar refractivity (Wildman–Crippen MR) is 61.5 cm³/mol. The van der Waals surface area contributed by atoms with E-state index in [9.17, 15) is 18.0 Å². The smallest absolute Gasteiger partial charge is 0.434 e. The van der Waals surface area contributed by atoms with Crippen molar-refractivity contribution in [1.82, 2.24) is 14.6 Å². The molecule has 2 aromatic rings. The number of aromatic nitrogens is 3. The maximum absolute atomic E-state index is 13.1. The lowest BCUT2D eigenvalue weighted by atomic mass is 9.83. The Morgan fingerprint density at radius 3 is 2.60 bits per heavy atom. The molecule has 106 valence electrons. The summed E-state index contributed by atoms with van der Waals surface area (Å²) in [7, 11) is 0. The molecule has 2 heterocycles. The highest BCUT2D eigenvalue weighted by molar-refractivity contribution is 5.89. The third-order valence-corrected chi connectivity index (χ3v) is 3.52. The molecule has 5 nitrogen and oxygen atoms in total. The van der Waals surface area contributed by atoms with Crippen molar-refractivity contribution in [1.29, 1.82) is 0 Å². The molecule has 0 unspecified atom stereocenters. The van der Waals surface area contributed by atoms with Gasteiger partial charge in [0.1, 0.15) is 5.56 Å². The Bertz CT molecular complexity index is 689. The Morgan fingerprint density at radius 1 is 1.40 bits per heavy atom. The molecule has 0 radical (unpaired) electrons. The number of halogens is 3.